The third-order valence-corrected chi connectivity index (χ3v) is 2.39. The van der Waals surface area contributed by atoms with Gasteiger partial charge in [0.05, 0.1) is 11.4 Å². The van der Waals surface area contributed by atoms with Crippen LogP contribution in [0.25, 0.3) is 0 Å². The Hall–Kier alpha value is -2.13. The minimum absolute atomic E-state index is 0.407. The van der Waals surface area contributed by atoms with E-state index in [0.717, 1.165) is 17.0 Å². The predicted molar refractivity (Wildman–Crippen MR) is 72.1 cm³/mol. The van der Waals surface area contributed by atoms with Crippen molar-refractivity contribution in [3.8, 4) is 0 Å². The number of hydrogen-bond donors (Lipinski definition) is 2. The fraction of sp³-hybridized carbons (Fsp3) is 0.0714. The minimum Gasteiger partial charge on any atom is -0.325 e. The summed E-state index contributed by atoms with van der Waals surface area (Å²) in [7, 11) is 0. The molecule has 0 radical (unpaired) electrons. The van der Waals surface area contributed by atoms with E-state index in [1.54, 1.807) is 0 Å². The number of nitrogens with one attached hydrogen (secondary N) is 1. The Labute approximate surface area is 101 Å². The molecule has 3 nitrogen and oxygen atoms in total. The number of benzene rings is 2. The molecule has 3 N–H and O–H groups in total. The molecule has 0 aliphatic rings. The number of nitrogens with two attached hydrogens (primary N) is 1. The molecule has 0 aliphatic heterocycles. The second-order valence-electron chi connectivity index (χ2n) is 3.61. The quantitative estimate of drug-likeness (QED) is 0.620. The molecule has 0 aliphatic carbocycles. The molecule has 0 heterocycles. The van der Waals surface area contributed by atoms with E-state index in [9.17, 15) is 0 Å². The average Bonchev–Trinajstić information content (AvgIpc) is 2.42. The van der Waals surface area contributed by atoms with Crippen LogP contribution in [0, 0.1) is 0 Å². The number of hydrogen-bond acceptors (Lipinski definition) is 3. The molecular weight excluding hydrogens is 210 g/mol. The first-order chi connectivity index (χ1) is 8.40. The lowest BCUT2D eigenvalue weighted by Crippen LogP contribution is -2.16. The van der Waals surface area contributed by atoms with Crippen LogP contribution in [0.5, 0.6) is 0 Å². The molecule has 17 heavy (non-hydrogen) atoms. The van der Waals surface area contributed by atoms with Gasteiger partial charge in [-0.2, -0.15) is 5.10 Å². The molecule has 0 unspecified atom stereocenters. The van der Waals surface area contributed by atoms with Crippen molar-refractivity contribution in [2.75, 3.05) is 12.0 Å². The van der Waals surface area contributed by atoms with Crippen molar-refractivity contribution in [3.63, 3.8) is 0 Å². The van der Waals surface area contributed by atoms with Gasteiger partial charge in [0.2, 0.25) is 0 Å². The van der Waals surface area contributed by atoms with Gasteiger partial charge in [-0.25, -0.2) is 0 Å². The van der Waals surface area contributed by atoms with Crippen LogP contribution in [0.1, 0.15) is 5.56 Å². The Morgan fingerprint density at radius 2 is 1.53 bits per heavy atom. The van der Waals surface area contributed by atoms with Gasteiger partial charge in [0.25, 0.3) is 0 Å². The Morgan fingerprint density at radius 1 is 0.941 bits per heavy atom. The molecular formula is C14H15N3. The zero-order valence-corrected chi connectivity index (χ0v) is 9.51. The van der Waals surface area contributed by atoms with Crippen LogP contribution >= 0.6 is 0 Å². The number of rotatable bonds is 4. The summed E-state index contributed by atoms with van der Waals surface area (Å²) in [6, 6.07) is 19.7. The van der Waals surface area contributed by atoms with Crippen LogP contribution in [0.2, 0.25) is 0 Å². The molecule has 86 valence electrons. The summed E-state index contributed by atoms with van der Waals surface area (Å²) in [6.07, 6.45) is 0. The van der Waals surface area contributed by atoms with Crippen molar-refractivity contribution in [2.24, 2.45) is 10.8 Å². The largest absolute Gasteiger partial charge is 0.325 e. The number of para-hydroxylation sites is 1. The first kappa shape index (κ1) is 11.4. The van der Waals surface area contributed by atoms with E-state index in [-0.39, 0.29) is 0 Å². The highest BCUT2D eigenvalue weighted by molar-refractivity contribution is 6.02. The summed E-state index contributed by atoms with van der Waals surface area (Å²) >= 11 is 0. The van der Waals surface area contributed by atoms with Crippen LogP contribution in [-0.2, 0) is 0 Å². The minimum atomic E-state index is 0.407. The van der Waals surface area contributed by atoms with Crippen LogP contribution in [0.4, 0.5) is 5.69 Å². The highest BCUT2D eigenvalue weighted by Crippen LogP contribution is 2.06. The van der Waals surface area contributed by atoms with E-state index in [0.29, 0.717) is 6.54 Å². The van der Waals surface area contributed by atoms with E-state index in [2.05, 4.69) is 10.5 Å². The van der Waals surface area contributed by atoms with Gasteiger partial charge in [-0.05, 0) is 17.7 Å². The summed E-state index contributed by atoms with van der Waals surface area (Å²) in [6.45, 7) is 0.407. The molecule has 2 rings (SSSR count). The fourth-order valence-corrected chi connectivity index (χ4v) is 1.50. The molecule has 0 saturated carbocycles. The van der Waals surface area contributed by atoms with Crippen LogP contribution < -0.4 is 11.2 Å². The molecule has 0 bridgehead atoms. The number of hydrazone groups is 1. The summed E-state index contributed by atoms with van der Waals surface area (Å²) in [5.41, 5.74) is 11.5. The maximum absolute atomic E-state index is 5.70. The monoisotopic (exact) mass is 225 g/mol. The number of anilines is 1. The molecule has 0 saturated heterocycles. The van der Waals surface area contributed by atoms with Gasteiger partial charge in [0.15, 0.2) is 0 Å². The van der Waals surface area contributed by atoms with E-state index in [1.165, 1.54) is 0 Å². The zero-order valence-electron chi connectivity index (χ0n) is 9.51. The second-order valence-corrected chi connectivity index (χ2v) is 3.61. The second kappa shape index (κ2) is 5.82. The molecule has 2 aromatic carbocycles. The highest BCUT2D eigenvalue weighted by Gasteiger charge is 1.99. The van der Waals surface area contributed by atoms with E-state index in [1.807, 2.05) is 60.7 Å². The standard InChI is InChI=1S/C14H15N3/c15-11-14(12-7-3-1-4-8-12)17-16-13-9-5-2-6-10-13/h1-10,16H,11,15H2. The first-order valence-corrected chi connectivity index (χ1v) is 5.53. The van der Waals surface area contributed by atoms with Gasteiger partial charge >= 0.3 is 0 Å². The lowest BCUT2D eigenvalue weighted by Gasteiger charge is -2.05. The van der Waals surface area contributed by atoms with Crippen LogP contribution in [0.3, 0.4) is 0 Å². The Morgan fingerprint density at radius 3 is 2.12 bits per heavy atom. The average molecular weight is 225 g/mol. The highest BCUT2D eigenvalue weighted by atomic mass is 15.3. The van der Waals surface area contributed by atoms with Gasteiger partial charge < -0.3 is 5.73 Å². The van der Waals surface area contributed by atoms with Gasteiger partial charge in [-0.1, -0.05) is 48.5 Å². The summed E-state index contributed by atoms with van der Waals surface area (Å²) in [4.78, 5) is 0. The summed E-state index contributed by atoms with van der Waals surface area (Å²) in [5, 5.41) is 4.32. The van der Waals surface area contributed by atoms with Gasteiger partial charge in [0, 0.05) is 6.54 Å². The maximum atomic E-state index is 5.70. The normalized spacial score (nSPS) is 11.2. The van der Waals surface area contributed by atoms with Crippen molar-refractivity contribution in [1.82, 2.24) is 0 Å². The maximum Gasteiger partial charge on any atom is 0.0815 e. The lowest BCUT2D eigenvalue weighted by molar-refractivity contribution is 1.24. The van der Waals surface area contributed by atoms with Crippen molar-refractivity contribution >= 4 is 11.4 Å². The van der Waals surface area contributed by atoms with Gasteiger partial charge in [0.1, 0.15) is 0 Å². The van der Waals surface area contributed by atoms with Gasteiger partial charge in [-0.15, -0.1) is 0 Å². The summed E-state index contributed by atoms with van der Waals surface area (Å²) in [5.74, 6) is 0. The van der Waals surface area contributed by atoms with Gasteiger partial charge in [-0.3, -0.25) is 5.43 Å². The van der Waals surface area contributed by atoms with Crippen molar-refractivity contribution in [1.29, 1.82) is 0 Å². The summed E-state index contributed by atoms with van der Waals surface area (Å²) < 4.78 is 0. The zero-order chi connectivity index (χ0) is 11.9. The Bertz CT molecular complexity index is 477. The SMILES string of the molecule is NCC(=NNc1ccccc1)c1ccccc1. The molecule has 3 heteroatoms. The van der Waals surface area contributed by atoms with Crippen LogP contribution in [0.15, 0.2) is 65.8 Å². The predicted octanol–water partition coefficient (Wildman–Crippen LogP) is 2.46. The number of nitrogens with zero attached hydrogens (tertiary/aromatic N) is 1. The third-order valence-electron chi connectivity index (χ3n) is 2.39. The molecule has 0 spiro atoms. The Kier molecular flexibility index (Phi) is 3.89. The van der Waals surface area contributed by atoms with E-state index in [4.69, 9.17) is 5.73 Å². The van der Waals surface area contributed by atoms with E-state index < -0.39 is 0 Å². The topological polar surface area (TPSA) is 50.4 Å². The van der Waals surface area contributed by atoms with Crippen molar-refractivity contribution in [3.05, 3.63) is 66.2 Å². The third kappa shape index (κ3) is 3.16. The molecule has 2 aromatic rings. The van der Waals surface area contributed by atoms with Crippen molar-refractivity contribution < 1.29 is 0 Å². The lowest BCUT2D eigenvalue weighted by atomic mass is 10.1. The van der Waals surface area contributed by atoms with E-state index >= 15 is 0 Å². The fourth-order valence-electron chi connectivity index (χ4n) is 1.50. The first-order valence-electron chi connectivity index (χ1n) is 5.53. The molecule has 0 fully saturated rings. The smallest absolute Gasteiger partial charge is 0.0815 e. The molecule has 0 aromatic heterocycles. The van der Waals surface area contributed by atoms with Crippen molar-refractivity contribution in [2.45, 2.75) is 0 Å². The molecule has 0 atom stereocenters. The van der Waals surface area contributed by atoms with Crippen LogP contribution in [-0.4, -0.2) is 12.3 Å². The molecule has 0 amide bonds. The Balaban J connectivity index is 2.14.